The van der Waals surface area contributed by atoms with Gasteiger partial charge in [-0.1, -0.05) is 103 Å². The molecule has 2 atom stereocenters. The Bertz CT molecular complexity index is 1340. The summed E-state index contributed by atoms with van der Waals surface area (Å²) in [5.74, 6) is -0.473. The van der Waals surface area contributed by atoms with E-state index >= 15 is 0 Å². The lowest BCUT2D eigenvalue weighted by atomic mass is 9.73. The zero-order valence-electron chi connectivity index (χ0n) is 17.4. The highest BCUT2D eigenvalue weighted by atomic mass is 35.5. The van der Waals surface area contributed by atoms with Gasteiger partial charge in [-0.2, -0.15) is 0 Å². The van der Waals surface area contributed by atoms with Gasteiger partial charge in [-0.25, -0.2) is 0 Å². The maximum Gasteiger partial charge on any atom is 0.171 e. The minimum Gasteiger partial charge on any atom is -0.361 e. The van der Waals surface area contributed by atoms with Gasteiger partial charge in [0.25, 0.3) is 0 Å². The van der Waals surface area contributed by atoms with Crippen LogP contribution in [0.2, 0.25) is 5.02 Å². The number of hydrogen-bond donors (Lipinski definition) is 1. The lowest BCUT2D eigenvalue weighted by molar-refractivity contribution is 0.0952. The molecule has 4 aromatic carbocycles. The molecule has 0 fully saturated rings. The van der Waals surface area contributed by atoms with Gasteiger partial charge in [-0.3, -0.25) is 4.79 Å². The van der Waals surface area contributed by atoms with Gasteiger partial charge in [0, 0.05) is 33.6 Å². The number of carbonyl (C=O) groups is 1. The first-order valence-electron chi connectivity index (χ1n) is 10.7. The Balaban J connectivity index is 1.76. The van der Waals surface area contributed by atoms with Crippen LogP contribution in [0.1, 0.15) is 38.9 Å². The van der Waals surface area contributed by atoms with Gasteiger partial charge in [0.1, 0.15) is 0 Å². The molecule has 0 amide bonds. The second-order valence-electron chi connectivity index (χ2n) is 7.94. The highest BCUT2D eigenvalue weighted by molar-refractivity contribution is 6.30. The third kappa shape index (κ3) is 3.86. The zero-order valence-corrected chi connectivity index (χ0v) is 18.2. The van der Waals surface area contributed by atoms with E-state index < -0.39 is 0 Å². The molecule has 32 heavy (non-hydrogen) atoms. The van der Waals surface area contributed by atoms with Crippen molar-refractivity contribution < 1.29 is 4.79 Å². The number of nitrogens with one attached hydrogen (secondary N) is 1. The molecule has 0 spiro atoms. The van der Waals surface area contributed by atoms with E-state index in [1.807, 2.05) is 103 Å². The molecule has 0 aliphatic rings. The quantitative estimate of drug-likeness (QED) is 0.273. The van der Waals surface area contributed by atoms with E-state index in [2.05, 4.69) is 17.1 Å². The Labute approximate surface area is 192 Å². The van der Waals surface area contributed by atoms with Gasteiger partial charge in [-0.05, 0) is 34.9 Å². The Kier molecular flexibility index (Phi) is 5.62. The number of hydrogen-bond acceptors (Lipinski definition) is 1. The second kappa shape index (κ2) is 8.86. The van der Waals surface area contributed by atoms with Crippen molar-refractivity contribution in [3.63, 3.8) is 0 Å². The van der Waals surface area contributed by atoms with Crippen molar-refractivity contribution in [2.75, 3.05) is 0 Å². The first-order chi connectivity index (χ1) is 15.7. The number of para-hydroxylation sites is 1. The number of aromatic amines is 1. The summed E-state index contributed by atoms with van der Waals surface area (Å²) >= 11 is 6.22. The maximum atomic E-state index is 14.0. The van der Waals surface area contributed by atoms with Gasteiger partial charge in [0.05, 0.1) is 5.92 Å². The summed E-state index contributed by atoms with van der Waals surface area (Å²) in [6.07, 6.45) is 2.04. The average molecular weight is 436 g/mol. The van der Waals surface area contributed by atoms with Crippen LogP contribution in [-0.4, -0.2) is 10.8 Å². The Hall–Kier alpha value is -3.62. The average Bonchev–Trinajstić information content (AvgIpc) is 3.28. The fourth-order valence-corrected chi connectivity index (χ4v) is 4.64. The van der Waals surface area contributed by atoms with Crippen LogP contribution in [0.3, 0.4) is 0 Å². The van der Waals surface area contributed by atoms with Crippen LogP contribution < -0.4 is 0 Å². The topological polar surface area (TPSA) is 32.9 Å². The van der Waals surface area contributed by atoms with Crippen molar-refractivity contribution in [3.8, 4) is 0 Å². The van der Waals surface area contributed by atoms with Gasteiger partial charge in [-0.15, -0.1) is 0 Å². The van der Waals surface area contributed by atoms with Gasteiger partial charge < -0.3 is 4.98 Å². The number of aromatic nitrogens is 1. The fourth-order valence-electron chi connectivity index (χ4n) is 4.51. The number of halogens is 1. The van der Waals surface area contributed by atoms with Gasteiger partial charge in [0.15, 0.2) is 5.78 Å². The SMILES string of the molecule is O=C(c1ccccc1)C(c1ccccc1)C(c1ccc(Cl)cc1)c1c[nH]c2ccccc12. The lowest BCUT2D eigenvalue weighted by Gasteiger charge is -2.27. The highest BCUT2D eigenvalue weighted by Crippen LogP contribution is 2.43. The zero-order chi connectivity index (χ0) is 21.9. The Morgan fingerprint density at radius 3 is 2.03 bits per heavy atom. The molecule has 1 heterocycles. The molecule has 0 aliphatic carbocycles. The first-order valence-corrected chi connectivity index (χ1v) is 11.1. The van der Waals surface area contributed by atoms with E-state index in [1.165, 1.54) is 0 Å². The number of fused-ring (bicyclic) bond motifs is 1. The van der Waals surface area contributed by atoms with E-state index in [4.69, 9.17) is 11.6 Å². The van der Waals surface area contributed by atoms with E-state index in [1.54, 1.807) is 0 Å². The number of H-pyrrole nitrogens is 1. The molecule has 156 valence electrons. The summed E-state index contributed by atoms with van der Waals surface area (Å²) in [6, 6.07) is 35.7. The molecule has 1 N–H and O–H groups in total. The lowest BCUT2D eigenvalue weighted by Crippen LogP contribution is -2.22. The molecule has 0 radical (unpaired) electrons. The summed E-state index contributed by atoms with van der Waals surface area (Å²) in [5, 5.41) is 1.80. The first kappa shape index (κ1) is 20.3. The monoisotopic (exact) mass is 435 g/mol. The fraction of sp³-hybridized carbons (Fsp3) is 0.0690. The van der Waals surface area contributed by atoms with E-state index in [9.17, 15) is 4.79 Å². The molecule has 5 aromatic rings. The van der Waals surface area contributed by atoms with Crippen LogP contribution >= 0.6 is 11.6 Å². The molecule has 1 aromatic heterocycles. The van der Waals surface area contributed by atoms with Crippen molar-refractivity contribution in [2.24, 2.45) is 0 Å². The predicted octanol–water partition coefficient (Wildman–Crippen LogP) is 7.62. The van der Waals surface area contributed by atoms with Crippen molar-refractivity contribution in [2.45, 2.75) is 11.8 Å². The number of benzene rings is 4. The summed E-state index contributed by atoms with van der Waals surface area (Å²) in [6.45, 7) is 0. The summed E-state index contributed by atoms with van der Waals surface area (Å²) in [7, 11) is 0. The minimum absolute atomic E-state index is 0.0991. The minimum atomic E-state index is -0.390. The van der Waals surface area contributed by atoms with Crippen LogP contribution in [0.4, 0.5) is 0 Å². The van der Waals surface area contributed by atoms with Crippen molar-refractivity contribution >= 4 is 28.3 Å². The third-order valence-electron chi connectivity index (χ3n) is 6.02. The molecule has 0 saturated carbocycles. The van der Waals surface area contributed by atoms with E-state index in [0.29, 0.717) is 10.6 Å². The smallest absolute Gasteiger partial charge is 0.171 e. The molecule has 0 bridgehead atoms. The van der Waals surface area contributed by atoms with Crippen molar-refractivity contribution in [3.05, 3.63) is 143 Å². The number of Topliss-reactive ketones (excluding diaryl/α,β-unsaturated/α-hetero) is 1. The second-order valence-corrected chi connectivity index (χ2v) is 8.37. The normalized spacial score (nSPS) is 13.0. The maximum absolute atomic E-state index is 14.0. The number of carbonyl (C=O) groups excluding carboxylic acids is 1. The standard InChI is InChI=1S/C29H22ClNO/c30-23-17-15-21(16-18-23)27(25-19-31-26-14-8-7-13-24(25)26)28(20-9-3-1-4-10-20)29(32)22-11-5-2-6-12-22/h1-19,27-28,31H. The molecule has 0 saturated heterocycles. The molecule has 2 nitrogen and oxygen atoms in total. The third-order valence-corrected chi connectivity index (χ3v) is 6.27. The van der Waals surface area contributed by atoms with Gasteiger partial charge in [0.2, 0.25) is 0 Å². The Morgan fingerprint density at radius 1 is 0.688 bits per heavy atom. The van der Waals surface area contributed by atoms with Crippen LogP contribution in [0.5, 0.6) is 0 Å². The predicted molar refractivity (Wildman–Crippen MR) is 132 cm³/mol. The van der Waals surface area contributed by atoms with Crippen LogP contribution in [-0.2, 0) is 0 Å². The van der Waals surface area contributed by atoms with E-state index in [0.717, 1.165) is 27.6 Å². The molecular weight excluding hydrogens is 414 g/mol. The number of rotatable bonds is 6. The largest absolute Gasteiger partial charge is 0.361 e. The molecule has 0 aliphatic heterocycles. The van der Waals surface area contributed by atoms with Crippen LogP contribution in [0.25, 0.3) is 10.9 Å². The van der Waals surface area contributed by atoms with Gasteiger partial charge >= 0.3 is 0 Å². The van der Waals surface area contributed by atoms with Crippen LogP contribution in [0, 0.1) is 0 Å². The summed E-state index contributed by atoms with van der Waals surface area (Å²) in [5.41, 5.74) is 4.91. The molecular formula is C29H22ClNO. The number of ketones is 1. The highest BCUT2D eigenvalue weighted by Gasteiger charge is 2.34. The van der Waals surface area contributed by atoms with E-state index in [-0.39, 0.29) is 17.6 Å². The molecule has 2 unspecified atom stereocenters. The van der Waals surface area contributed by atoms with Crippen molar-refractivity contribution in [1.82, 2.24) is 4.98 Å². The molecule has 5 rings (SSSR count). The summed E-state index contributed by atoms with van der Waals surface area (Å²) < 4.78 is 0. The van der Waals surface area contributed by atoms with Crippen LogP contribution in [0.15, 0.2) is 115 Å². The Morgan fingerprint density at radius 2 is 1.31 bits per heavy atom. The summed E-state index contributed by atoms with van der Waals surface area (Å²) in [4.78, 5) is 17.4. The molecule has 3 heteroatoms. The van der Waals surface area contributed by atoms with Crippen molar-refractivity contribution in [1.29, 1.82) is 0 Å².